The highest BCUT2D eigenvalue weighted by Crippen LogP contribution is 2.38. The largest absolute Gasteiger partial charge is 0.506 e. The maximum atomic E-state index is 13.2. The van der Waals surface area contributed by atoms with Gasteiger partial charge in [-0.2, -0.15) is 67.2 Å². The zero-order chi connectivity index (χ0) is 70.2. The summed E-state index contributed by atoms with van der Waals surface area (Å²) in [7, 11) is -35.0. The number of sulfone groups is 2. The number of hydrogen-bond acceptors (Lipinski definition) is 31. The van der Waals surface area contributed by atoms with Gasteiger partial charge in [0.25, 0.3) is 30.4 Å². The second kappa shape index (κ2) is 28.9. The standard InChI is InChI=1S/C47H40ClN13O27S7/c48-45-51-46(49-26-5-1-3-24(17-26)41(58-54-34-20-29(91(72,73)74)7-10-32(34)43(64)65)60-56-36-19-28(9-12-38(36)62)89(68,69)15-13-87-94(81,82)83)53-47(52-45)50-27-6-2-4-25(18-27)42(59-55-35-21-30(92(75,76)77)8-11-33(35)44(66)67)61-57-37-22-31(23-39(40(37)63)93(78,79)80)90(70,71)16-14-88-95(84,85)86/h1-12,17-23,54-55,62-63H,13-16H2,(H,64,65)(H,66,67)(H,72,73,74)(H,75,76,77)(H,78,79,80)(H,81,82,83)(H,84,85,86)(H2,49,50,51,52,53)/b58-41-,59-42-,60-56?,61-57?. The molecule has 0 atom stereocenters. The smallest absolute Gasteiger partial charge is 0.397 e. The maximum absolute atomic E-state index is 13.2. The maximum Gasteiger partial charge on any atom is 0.397 e. The molecule has 95 heavy (non-hydrogen) atoms. The van der Waals surface area contributed by atoms with E-state index in [0.29, 0.717) is 18.2 Å². The number of aromatic nitrogens is 3. The molecule has 0 saturated carbocycles. The summed E-state index contributed by atoms with van der Waals surface area (Å²) in [4.78, 5) is 32.0. The van der Waals surface area contributed by atoms with E-state index in [1.807, 2.05) is 0 Å². The molecule has 0 aliphatic heterocycles. The first-order chi connectivity index (χ1) is 44.0. The molecule has 504 valence electrons. The Morgan fingerprint density at radius 1 is 0.484 bits per heavy atom. The van der Waals surface area contributed by atoms with E-state index >= 15 is 0 Å². The van der Waals surface area contributed by atoms with Crippen molar-refractivity contribution in [2.45, 2.75) is 24.5 Å². The van der Waals surface area contributed by atoms with E-state index in [0.717, 1.165) is 42.5 Å². The minimum atomic E-state index is -5.53. The number of halogens is 1. The Morgan fingerprint density at radius 2 is 0.905 bits per heavy atom. The predicted octanol–water partition coefficient (Wildman–Crippen LogP) is 4.86. The lowest BCUT2D eigenvalue weighted by atomic mass is 10.2. The van der Waals surface area contributed by atoms with Gasteiger partial charge in [0, 0.05) is 22.5 Å². The monoisotopic (exact) mass is 1480 g/mol. The summed E-state index contributed by atoms with van der Waals surface area (Å²) in [5.74, 6) is -9.71. The van der Waals surface area contributed by atoms with Gasteiger partial charge in [-0.05, 0) is 103 Å². The first-order valence-corrected chi connectivity index (χ1v) is 35.5. The molecule has 40 nitrogen and oxygen atoms in total. The first kappa shape index (κ1) is 72.7. The number of carbonyl (C=O) groups is 2. The van der Waals surface area contributed by atoms with E-state index < -0.39 is 194 Å². The molecule has 0 spiro atoms. The van der Waals surface area contributed by atoms with E-state index in [1.54, 1.807) is 0 Å². The van der Waals surface area contributed by atoms with Crippen LogP contribution in [0.5, 0.6) is 11.5 Å². The molecule has 0 unspecified atom stereocenters. The van der Waals surface area contributed by atoms with E-state index in [-0.39, 0.29) is 40.5 Å². The van der Waals surface area contributed by atoms with Crippen molar-refractivity contribution in [3.63, 3.8) is 0 Å². The average Bonchev–Trinajstić information content (AvgIpc) is 0.796. The predicted molar refractivity (Wildman–Crippen MR) is 325 cm³/mol. The second-order valence-electron chi connectivity index (χ2n) is 18.2. The van der Waals surface area contributed by atoms with Crippen LogP contribution in [0.4, 0.5) is 46.0 Å². The highest BCUT2D eigenvalue weighted by molar-refractivity contribution is 7.92. The van der Waals surface area contributed by atoms with Gasteiger partial charge in [-0.3, -0.25) is 33.6 Å². The highest BCUT2D eigenvalue weighted by atomic mass is 35.5. The SMILES string of the molecule is O=C(O)c1ccc(S(=O)(=O)O)cc1N/N=C(\N=Nc1cc(S(=O)(=O)CCOS(=O)(=O)O)ccc1O)c1cccc(Nc2nc(Cl)nc(Nc3cccc(/C(N=Nc4cc(S(=O)(=O)CCOS(=O)(=O)O)cc(S(=O)(=O)O)c4O)=N/Nc4cc(S(=O)(=O)O)ccc4C(=O)O)c3)n2)c1. The second-order valence-corrected chi connectivity index (χ2v) is 29.2. The molecule has 1 heterocycles. The van der Waals surface area contributed by atoms with E-state index in [2.05, 4.69) is 75.5 Å². The Hall–Kier alpha value is -9.73. The number of carboxylic acid groups (broad SMARTS) is 2. The summed E-state index contributed by atoms with van der Waals surface area (Å²) in [6.45, 7) is -2.26. The number of rotatable bonds is 27. The third-order valence-corrected chi connectivity index (χ3v) is 18.6. The van der Waals surface area contributed by atoms with Crippen molar-refractivity contribution in [3.05, 3.63) is 143 Å². The number of phenolic OH excluding ortho intramolecular Hbond substituents is 2. The van der Waals surface area contributed by atoms with Crippen LogP contribution < -0.4 is 21.5 Å². The number of hydrogen-bond donors (Lipinski definition) is 13. The summed E-state index contributed by atoms with van der Waals surface area (Å²) < 4.78 is 225. The molecule has 7 aromatic rings. The Labute approximate surface area is 539 Å². The average molecular weight is 1480 g/mol. The fourth-order valence-corrected chi connectivity index (χ4v) is 12.3. The summed E-state index contributed by atoms with van der Waals surface area (Å²) in [6.07, 6.45) is 0. The van der Waals surface area contributed by atoms with Crippen molar-refractivity contribution < 1.29 is 120 Å². The molecular formula is C47H40ClN13O27S7. The molecule has 1 aromatic heterocycles. The molecule has 0 aliphatic rings. The van der Waals surface area contributed by atoms with Crippen LogP contribution in [0.15, 0.2) is 170 Å². The molecule has 0 saturated heterocycles. The van der Waals surface area contributed by atoms with Crippen molar-refractivity contribution in [2.24, 2.45) is 30.7 Å². The quantitative estimate of drug-likeness (QED) is 0.0107. The van der Waals surface area contributed by atoms with Crippen LogP contribution in [0.1, 0.15) is 31.8 Å². The van der Waals surface area contributed by atoms with Crippen LogP contribution in [0.2, 0.25) is 5.28 Å². The van der Waals surface area contributed by atoms with Gasteiger partial charge in [-0.15, -0.1) is 20.5 Å². The normalized spacial score (nSPS) is 13.0. The Balaban J connectivity index is 1.27. The van der Waals surface area contributed by atoms with Gasteiger partial charge in [0.05, 0.1) is 66.8 Å². The molecule has 7 rings (SSSR count). The van der Waals surface area contributed by atoms with Crippen molar-refractivity contribution in [3.8, 4) is 11.5 Å². The van der Waals surface area contributed by atoms with Crippen molar-refractivity contribution in [1.82, 2.24) is 15.0 Å². The Bertz CT molecular complexity index is 5220. The van der Waals surface area contributed by atoms with Crippen LogP contribution in [-0.4, -0.2) is 165 Å². The third kappa shape index (κ3) is 20.4. The molecule has 0 amide bonds. The molecule has 0 aliphatic carbocycles. The summed E-state index contributed by atoms with van der Waals surface area (Å²) >= 11 is 6.33. The number of azo groups is 2. The number of nitrogens with zero attached hydrogens (tertiary/aromatic N) is 9. The van der Waals surface area contributed by atoms with Gasteiger partial charge in [0.1, 0.15) is 22.0 Å². The third-order valence-electron chi connectivity index (χ3n) is 11.6. The number of aromatic carboxylic acids is 2. The van der Waals surface area contributed by atoms with Crippen molar-refractivity contribution in [1.29, 1.82) is 0 Å². The van der Waals surface area contributed by atoms with Crippen LogP contribution in [-0.2, 0) is 79.2 Å². The molecule has 0 bridgehead atoms. The Morgan fingerprint density at radius 3 is 1.33 bits per heavy atom. The minimum absolute atomic E-state index is 0.0239. The van der Waals surface area contributed by atoms with E-state index in [4.69, 9.17) is 20.7 Å². The lowest BCUT2D eigenvalue weighted by Gasteiger charge is -2.12. The first-order valence-electron chi connectivity index (χ1n) is 24.8. The van der Waals surface area contributed by atoms with Crippen LogP contribution in [0, 0.1) is 0 Å². The summed E-state index contributed by atoms with van der Waals surface area (Å²) in [6, 6.07) is 18.1. The van der Waals surface area contributed by atoms with Gasteiger partial charge in [0.15, 0.2) is 25.4 Å². The molecular weight excluding hydrogens is 1440 g/mol. The van der Waals surface area contributed by atoms with Gasteiger partial charge in [-0.1, -0.05) is 24.3 Å². The zero-order valence-corrected chi connectivity index (χ0v) is 52.9. The molecule has 48 heteroatoms. The lowest BCUT2D eigenvalue weighted by Crippen LogP contribution is -2.16. The molecule has 0 fully saturated rings. The molecule has 6 aromatic carbocycles. The van der Waals surface area contributed by atoms with Crippen molar-refractivity contribution >= 4 is 152 Å². The minimum Gasteiger partial charge on any atom is -0.506 e. The number of carboxylic acids is 2. The number of phenols is 2. The fraction of sp³-hybridized carbons (Fsp3) is 0.0851. The summed E-state index contributed by atoms with van der Waals surface area (Å²) in [5, 5.41) is 70.0. The van der Waals surface area contributed by atoms with E-state index in [1.165, 1.54) is 48.5 Å². The lowest BCUT2D eigenvalue weighted by molar-refractivity contribution is 0.0687. The number of benzene rings is 6. The van der Waals surface area contributed by atoms with Gasteiger partial charge < -0.3 is 31.1 Å². The fourth-order valence-electron chi connectivity index (χ4n) is 7.37. The van der Waals surface area contributed by atoms with Gasteiger partial charge in [0.2, 0.25) is 28.9 Å². The number of hydrazone groups is 2. The van der Waals surface area contributed by atoms with E-state index in [9.17, 15) is 103 Å². The highest BCUT2D eigenvalue weighted by Gasteiger charge is 2.27. The van der Waals surface area contributed by atoms with Crippen LogP contribution in [0.25, 0.3) is 0 Å². The van der Waals surface area contributed by atoms with Gasteiger partial charge in [-0.25, -0.2) is 34.8 Å². The van der Waals surface area contributed by atoms with Crippen LogP contribution >= 0.6 is 11.6 Å². The van der Waals surface area contributed by atoms with Crippen molar-refractivity contribution in [2.75, 3.05) is 46.2 Å². The number of anilines is 6. The Kier molecular flexibility index (Phi) is 22.1. The van der Waals surface area contributed by atoms with Crippen LogP contribution in [0.3, 0.4) is 0 Å². The molecule has 13 N–H and O–H groups in total. The number of amidine groups is 2. The van der Waals surface area contributed by atoms with Gasteiger partial charge >= 0.3 is 32.7 Å². The number of nitrogens with one attached hydrogen (secondary N) is 4. The zero-order valence-electron chi connectivity index (χ0n) is 46.4. The summed E-state index contributed by atoms with van der Waals surface area (Å²) in [5.41, 5.74) is 0.198. The number of aromatic hydroxyl groups is 2. The topological polar surface area (TPSA) is 635 Å². The molecule has 0 radical (unpaired) electrons.